The van der Waals surface area contributed by atoms with Gasteiger partial charge >= 0.3 is 0 Å². The van der Waals surface area contributed by atoms with E-state index in [2.05, 4.69) is 26.3 Å². The van der Waals surface area contributed by atoms with Crippen molar-refractivity contribution in [3.8, 4) is 0 Å². The molecule has 0 spiro atoms. The van der Waals surface area contributed by atoms with Gasteiger partial charge in [0.2, 0.25) is 0 Å². The summed E-state index contributed by atoms with van der Waals surface area (Å²) in [7, 11) is 0. The van der Waals surface area contributed by atoms with Crippen molar-refractivity contribution in [3.63, 3.8) is 0 Å². The predicted molar refractivity (Wildman–Crippen MR) is 60.3 cm³/mol. The third kappa shape index (κ3) is 4.80. The molecule has 0 bridgehead atoms. The minimum absolute atomic E-state index is 0.189. The van der Waals surface area contributed by atoms with Crippen molar-refractivity contribution >= 4 is 0 Å². The summed E-state index contributed by atoms with van der Waals surface area (Å²) < 4.78 is 10.8. The third-order valence-corrected chi connectivity index (χ3v) is 1.60. The van der Waals surface area contributed by atoms with Gasteiger partial charge in [0.15, 0.2) is 0 Å². The summed E-state index contributed by atoms with van der Waals surface area (Å²) in [5.74, 6) is 0. The number of hydrogen-bond acceptors (Lipinski definition) is 2. The molecule has 14 heavy (non-hydrogen) atoms. The SMILES string of the molecule is C=CCO[C@H](C=C)[C@@H](C=C)OCC=C. The molecule has 0 saturated carbocycles. The molecule has 0 fully saturated rings. The monoisotopic (exact) mass is 194 g/mol. The van der Waals surface area contributed by atoms with E-state index in [-0.39, 0.29) is 12.2 Å². The molecule has 0 heterocycles. The fourth-order valence-electron chi connectivity index (χ4n) is 0.952. The lowest BCUT2D eigenvalue weighted by Crippen LogP contribution is -2.28. The Labute approximate surface area is 86.2 Å². The van der Waals surface area contributed by atoms with Crippen LogP contribution < -0.4 is 0 Å². The van der Waals surface area contributed by atoms with Crippen LogP contribution in [-0.4, -0.2) is 25.4 Å². The van der Waals surface area contributed by atoms with Crippen molar-refractivity contribution in [2.24, 2.45) is 0 Å². The zero-order chi connectivity index (χ0) is 10.8. The van der Waals surface area contributed by atoms with Crippen LogP contribution in [0.25, 0.3) is 0 Å². The lowest BCUT2D eigenvalue weighted by atomic mass is 10.2. The first-order valence-corrected chi connectivity index (χ1v) is 4.50. The lowest BCUT2D eigenvalue weighted by molar-refractivity contribution is -0.0105. The van der Waals surface area contributed by atoms with Crippen molar-refractivity contribution in [3.05, 3.63) is 50.6 Å². The Bertz CT molecular complexity index is 174. The van der Waals surface area contributed by atoms with Gasteiger partial charge in [0, 0.05) is 0 Å². The summed E-state index contributed by atoms with van der Waals surface area (Å²) in [4.78, 5) is 0. The Balaban J connectivity index is 4.12. The summed E-state index contributed by atoms with van der Waals surface area (Å²) in [6.45, 7) is 15.4. The van der Waals surface area contributed by atoms with Gasteiger partial charge in [0.05, 0.1) is 13.2 Å². The summed E-state index contributed by atoms with van der Waals surface area (Å²) in [6.07, 6.45) is 6.38. The van der Waals surface area contributed by atoms with E-state index >= 15 is 0 Å². The molecule has 0 radical (unpaired) electrons. The van der Waals surface area contributed by atoms with Crippen LogP contribution >= 0.6 is 0 Å². The third-order valence-electron chi connectivity index (χ3n) is 1.60. The topological polar surface area (TPSA) is 18.5 Å². The van der Waals surface area contributed by atoms with Crippen LogP contribution in [0.15, 0.2) is 50.6 Å². The number of ether oxygens (including phenoxy) is 2. The molecule has 0 aliphatic heterocycles. The molecule has 0 aliphatic carbocycles. The van der Waals surface area contributed by atoms with E-state index in [1.165, 1.54) is 0 Å². The second-order valence-electron chi connectivity index (χ2n) is 2.64. The van der Waals surface area contributed by atoms with Crippen LogP contribution in [-0.2, 0) is 9.47 Å². The molecule has 0 saturated heterocycles. The Kier molecular flexibility index (Phi) is 7.80. The molecular formula is C12H18O2. The molecule has 2 nitrogen and oxygen atoms in total. The molecule has 0 aliphatic rings. The molecule has 0 N–H and O–H groups in total. The minimum atomic E-state index is -0.189. The van der Waals surface area contributed by atoms with Crippen LogP contribution in [0.5, 0.6) is 0 Å². The van der Waals surface area contributed by atoms with Gasteiger partial charge in [-0.1, -0.05) is 24.3 Å². The molecule has 0 aromatic rings. The second kappa shape index (κ2) is 8.48. The van der Waals surface area contributed by atoms with E-state index in [4.69, 9.17) is 9.47 Å². The fraction of sp³-hybridized carbons (Fsp3) is 0.333. The van der Waals surface area contributed by atoms with Crippen molar-refractivity contribution in [2.45, 2.75) is 12.2 Å². The maximum absolute atomic E-state index is 5.42. The van der Waals surface area contributed by atoms with Crippen molar-refractivity contribution in [2.75, 3.05) is 13.2 Å². The smallest absolute Gasteiger partial charge is 0.105 e. The van der Waals surface area contributed by atoms with Crippen molar-refractivity contribution < 1.29 is 9.47 Å². The second-order valence-corrected chi connectivity index (χ2v) is 2.64. The zero-order valence-corrected chi connectivity index (χ0v) is 8.52. The Morgan fingerprint density at radius 3 is 1.36 bits per heavy atom. The molecule has 78 valence electrons. The van der Waals surface area contributed by atoms with Gasteiger partial charge in [-0.2, -0.15) is 0 Å². The van der Waals surface area contributed by atoms with Crippen LogP contribution in [0.3, 0.4) is 0 Å². The highest BCUT2D eigenvalue weighted by Crippen LogP contribution is 2.07. The lowest BCUT2D eigenvalue weighted by Gasteiger charge is -2.21. The maximum Gasteiger partial charge on any atom is 0.105 e. The predicted octanol–water partition coefficient (Wildman–Crippen LogP) is 2.50. The fourth-order valence-corrected chi connectivity index (χ4v) is 0.952. The standard InChI is InChI=1S/C12H18O2/c1-5-9-13-11(7-3)12(8-4)14-10-6-2/h5-8,11-12H,1-4,9-10H2/t11-,12-/m1/s1. The first-order chi connectivity index (χ1) is 6.79. The first-order valence-electron chi connectivity index (χ1n) is 4.50. The van der Waals surface area contributed by atoms with Crippen LogP contribution in [0.1, 0.15) is 0 Å². The van der Waals surface area contributed by atoms with Gasteiger partial charge in [-0.15, -0.1) is 26.3 Å². The molecule has 0 aromatic heterocycles. The van der Waals surface area contributed by atoms with Crippen LogP contribution in [0.2, 0.25) is 0 Å². The van der Waals surface area contributed by atoms with Crippen LogP contribution in [0.4, 0.5) is 0 Å². The van der Waals surface area contributed by atoms with Gasteiger partial charge in [0.25, 0.3) is 0 Å². The van der Waals surface area contributed by atoms with Gasteiger partial charge < -0.3 is 9.47 Å². The van der Waals surface area contributed by atoms with Crippen molar-refractivity contribution in [1.29, 1.82) is 0 Å². The van der Waals surface area contributed by atoms with E-state index in [0.29, 0.717) is 13.2 Å². The van der Waals surface area contributed by atoms with Crippen LogP contribution in [0, 0.1) is 0 Å². The Hall–Kier alpha value is -1.12. The number of rotatable bonds is 9. The van der Waals surface area contributed by atoms with Crippen molar-refractivity contribution in [1.82, 2.24) is 0 Å². The molecule has 0 rings (SSSR count). The van der Waals surface area contributed by atoms with E-state index in [0.717, 1.165) is 0 Å². The van der Waals surface area contributed by atoms with E-state index in [9.17, 15) is 0 Å². The average molecular weight is 194 g/mol. The summed E-state index contributed by atoms with van der Waals surface area (Å²) in [6, 6.07) is 0. The van der Waals surface area contributed by atoms with Gasteiger partial charge in [0.1, 0.15) is 12.2 Å². The summed E-state index contributed by atoms with van der Waals surface area (Å²) >= 11 is 0. The van der Waals surface area contributed by atoms with Gasteiger partial charge in [-0.25, -0.2) is 0 Å². The Morgan fingerprint density at radius 1 is 0.786 bits per heavy atom. The minimum Gasteiger partial charge on any atom is -0.367 e. The summed E-state index contributed by atoms with van der Waals surface area (Å²) in [5.41, 5.74) is 0. The first kappa shape index (κ1) is 12.9. The molecule has 0 aromatic carbocycles. The largest absolute Gasteiger partial charge is 0.367 e. The molecule has 0 unspecified atom stereocenters. The zero-order valence-electron chi connectivity index (χ0n) is 8.52. The number of hydrogen-bond donors (Lipinski definition) is 0. The maximum atomic E-state index is 5.42. The summed E-state index contributed by atoms with van der Waals surface area (Å²) in [5, 5.41) is 0. The molecule has 2 heteroatoms. The Morgan fingerprint density at radius 2 is 1.14 bits per heavy atom. The van der Waals surface area contributed by atoms with E-state index < -0.39 is 0 Å². The van der Waals surface area contributed by atoms with E-state index in [1.54, 1.807) is 24.3 Å². The highest BCUT2D eigenvalue weighted by molar-refractivity contribution is 4.97. The molecule has 0 amide bonds. The average Bonchev–Trinajstić information content (AvgIpc) is 2.23. The highest BCUT2D eigenvalue weighted by Gasteiger charge is 2.15. The normalized spacial score (nSPS) is 14.0. The quantitative estimate of drug-likeness (QED) is 0.525. The molecular weight excluding hydrogens is 176 g/mol. The molecule has 2 atom stereocenters. The van der Waals surface area contributed by atoms with E-state index in [1.807, 2.05) is 0 Å². The van der Waals surface area contributed by atoms with Gasteiger partial charge in [-0.3, -0.25) is 0 Å². The van der Waals surface area contributed by atoms with Gasteiger partial charge in [-0.05, 0) is 0 Å². The highest BCUT2D eigenvalue weighted by atomic mass is 16.5.